The molecule has 0 saturated carbocycles. The van der Waals surface area contributed by atoms with Crippen LogP contribution in [0.25, 0.3) is 10.9 Å². The summed E-state index contributed by atoms with van der Waals surface area (Å²) in [5, 5.41) is 2.31. The Kier molecular flexibility index (Phi) is 3.50. The van der Waals surface area contributed by atoms with Gasteiger partial charge in [-0.1, -0.05) is 11.5 Å². The van der Waals surface area contributed by atoms with E-state index in [9.17, 15) is 14.4 Å². The average molecular weight is 306 g/mol. The van der Waals surface area contributed by atoms with Crippen molar-refractivity contribution in [3.05, 3.63) is 28.3 Å². The molecule has 2 amide bonds. The Balaban J connectivity index is 2.27. The number of amides is 2. The van der Waals surface area contributed by atoms with E-state index in [0.717, 1.165) is 0 Å². The average Bonchev–Trinajstić information content (AvgIpc) is 2.48. The molecule has 4 radical (unpaired) electrons. The molecule has 1 fully saturated rings. The van der Waals surface area contributed by atoms with Crippen molar-refractivity contribution in [3.8, 4) is 0 Å². The normalized spacial score (nSPS) is 21.4. The Labute approximate surface area is 134 Å². The molecule has 0 aliphatic carbocycles. The Hall–Kier alpha value is -2.57. The van der Waals surface area contributed by atoms with Gasteiger partial charge in [-0.3, -0.25) is 24.3 Å². The molecular weight excluding hydrogens is 294 g/mol. The smallest absolute Gasteiger partial charge is 0.264 e. The van der Waals surface area contributed by atoms with Gasteiger partial charge in [0.25, 0.3) is 5.56 Å². The SMILES string of the molecule is [B]c1ccc(N)c2c(=O)n(C3CC([B])C(=O)NC3=O)c(C)nc12. The van der Waals surface area contributed by atoms with E-state index in [2.05, 4.69) is 10.3 Å². The summed E-state index contributed by atoms with van der Waals surface area (Å²) in [4.78, 5) is 40.7. The number of nitrogens with zero attached hydrogens (tertiary/aromatic N) is 2. The van der Waals surface area contributed by atoms with Crippen LogP contribution in [0.1, 0.15) is 18.3 Å². The lowest BCUT2D eigenvalue weighted by Crippen LogP contribution is -2.47. The highest BCUT2D eigenvalue weighted by molar-refractivity contribution is 6.38. The number of hydrogen-bond acceptors (Lipinski definition) is 5. The highest BCUT2D eigenvalue weighted by Gasteiger charge is 2.34. The number of hydrogen-bond donors (Lipinski definition) is 2. The summed E-state index contributed by atoms with van der Waals surface area (Å²) in [6.45, 7) is 1.58. The lowest BCUT2D eigenvalue weighted by atomic mass is 9.78. The van der Waals surface area contributed by atoms with Gasteiger partial charge in [0.05, 0.1) is 18.7 Å². The van der Waals surface area contributed by atoms with Crippen LogP contribution < -0.4 is 22.1 Å². The molecule has 0 bridgehead atoms. The third-order valence-corrected chi connectivity index (χ3v) is 3.97. The zero-order chi connectivity index (χ0) is 16.9. The first kappa shape index (κ1) is 15.3. The number of imide groups is 1. The minimum Gasteiger partial charge on any atom is -0.398 e. The number of aromatic nitrogens is 2. The van der Waals surface area contributed by atoms with Gasteiger partial charge in [-0.05, 0) is 19.4 Å². The van der Waals surface area contributed by atoms with Crippen LogP contribution in [0.5, 0.6) is 0 Å². The van der Waals surface area contributed by atoms with Crippen molar-refractivity contribution < 1.29 is 9.59 Å². The van der Waals surface area contributed by atoms with Gasteiger partial charge >= 0.3 is 0 Å². The molecule has 2 heterocycles. The van der Waals surface area contributed by atoms with Gasteiger partial charge in [-0.15, -0.1) is 0 Å². The summed E-state index contributed by atoms with van der Waals surface area (Å²) in [6, 6.07) is 2.15. The number of nitrogen functional groups attached to an aromatic ring is 1. The molecule has 0 spiro atoms. The molecular formula is C14H12B2N4O3. The molecule has 1 aliphatic rings. The van der Waals surface area contributed by atoms with Gasteiger partial charge in [0, 0.05) is 11.5 Å². The van der Waals surface area contributed by atoms with Crippen LogP contribution in [0.2, 0.25) is 5.82 Å². The number of nitrogens with one attached hydrogen (secondary N) is 1. The largest absolute Gasteiger partial charge is 0.398 e. The zero-order valence-corrected chi connectivity index (χ0v) is 12.4. The molecule has 3 rings (SSSR count). The van der Waals surface area contributed by atoms with E-state index in [4.69, 9.17) is 21.4 Å². The first-order valence-corrected chi connectivity index (χ1v) is 6.98. The second-order valence-corrected chi connectivity index (χ2v) is 5.51. The Bertz CT molecular complexity index is 909. The van der Waals surface area contributed by atoms with E-state index < -0.39 is 29.2 Å². The van der Waals surface area contributed by atoms with E-state index in [0.29, 0.717) is 16.8 Å². The zero-order valence-electron chi connectivity index (χ0n) is 12.4. The maximum Gasteiger partial charge on any atom is 0.264 e. The molecule has 1 aliphatic heterocycles. The molecule has 7 nitrogen and oxygen atoms in total. The summed E-state index contributed by atoms with van der Waals surface area (Å²) in [7, 11) is 11.5. The van der Waals surface area contributed by atoms with Crippen molar-refractivity contribution in [2.75, 3.05) is 5.73 Å². The van der Waals surface area contributed by atoms with Crippen molar-refractivity contribution in [1.82, 2.24) is 14.9 Å². The van der Waals surface area contributed by atoms with Crippen molar-refractivity contribution in [3.63, 3.8) is 0 Å². The molecule has 9 heteroatoms. The number of anilines is 1. The van der Waals surface area contributed by atoms with Gasteiger partial charge in [0.2, 0.25) is 11.8 Å². The van der Waals surface area contributed by atoms with Gasteiger partial charge in [0.1, 0.15) is 19.7 Å². The Morgan fingerprint density at radius 1 is 1.30 bits per heavy atom. The van der Waals surface area contributed by atoms with Crippen LogP contribution in [0.15, 0.2) is 16.9 Å². The molecule has 1 aromatic carbocycles. The fourth-order valence-corrected chi connectivity index (χ4v) is 2.79. The highest BCUT2D eigenvalue weighted by Crippen LogP contribution is 2.25. The summed E-state index contributed by atoms with van der Waals surface area (Å²) in [5.41, 5.74) is 6.22. The van der Waals surface area contributed by atoms with Gasteiger partial charge in [-0.25, -0.2) is 4.98 Å². The van der Waals surface area contributed by atoms with Crippen molar-refractivity contribution >= 4 is 49.6 Å². The van der Waals surface area contributed by atoms with Crippen LogP contribution >= 0.6 is 0 Å². The van der Waals surface area contributed by atoms with E-state index in [1.54, 1.807) is 13.0 Å². The molecule has 1 saturated heterocycles. The lowest BCUT2D eigenvalue weighted by Gasteiger charge is -2.28. The fourth-order valence-electron chi connectivity index (χ4n) is 2.79. The Morgan fingerprint density at radius 2 is 2.00 bits per heavy atom. The predicted octanol–water partition coefficient (Wildman–Crippen LogP) is -1.37. The van der Waals surface area contributed by atoms with Crippen LogP contribution in [-0.2, 0) is 9.59 Å². The predicted molar refractivity (Wildman–Crippen MR) is 86.8 cm³/mol. The summed E-state index contributed by atoms with van der Waals surface area (Å²) >= 11 is 0. The minimum absolute atomic E-state index is 0.0147. The number of carbonyl (C=O) groups is 2. The first-order chi connectivity index (χ1) is 10.8. The number of benzene rings is 1. The maximum atomic E-state index is 12.8. The minimum atomic E-state index is -0.923. The number of aryl methyl sites for hydroxylation is 1. The highest BCUT2D eigenvalue weighted by atomic mass is 16.2. The number of nitrogens with two attached hydrogens (primary N) is 1. The van der Waals surface area contributed by atoms with Crippen LogP contribution in [0.4, 0.5) is 5.69 Å². The number of rotatable bonds is 1. The van der Waals surface area contributed by atoms with Crippen LogP contribution in [0.3, 0.4) is 0 Å². The topological polar surface area (TPSA) is 107 Å². The Morgan fingerprint density at radius 3 is 2.70 bits per heavy atom. The number of fused-ring (bicyclic) bond motifs is 1. The van der Waals surface area contributed by atoms with Gasteiger partial charge < -0.3 is 5.73 Å². The molecule has 2 atom stereocenters. The summed E-state index contributed by atoms with van der Waals surface area (Å²) in [6.07, 6.45) is 0.0147. The molecule has 1 aromatic heterocycles. The van der Waals surface area contributed by atoms with Crippen molar-refractivity contribution in [2.24, 2.45) is 0 Å². The van der Waals surface area contributed by atoms with Crippen LogP contribution in [-0.4, -0.2) is 37.1 Å². The van der Waals surface area contributed by atoms with E-state index >= 15 is 0 Å². The lowest BCUT2D eigenvalue weighted by molar-refractivity contribution is -0.135. The quantitative estimate of drug-likeness (QED) is 0.384. The monoisotopic (exact) mass is 306 g/mol. The molecule has 3 N–H and O–H groups in total. The summed E-state index contributed by atoms with van der Waals surface area (Å²) < 4.78 is 1.21. The maximum absolute atomic E-state index is 12.8. The van der Waals surface area contributed by atoms with E-state index in [-0.39, 0.29) is 17.5 Å². The summed E-state index contributed by atoms with van der Waals surface area (Å²) in [5.74, 6) is -1.74. The fraction of sp³-hybridized carbons (Fsp3) is 0.286. The first-order valence-electron chi connectivity index (χ1n) is 6.98. The number of carbonyl (C=O) groups excluding carboxylic acids is 2. The van der Waals surface area contributed by atoms with Gasteiger partial charge in [0.15, 0.2) is 0 Å². The van der Waals surface area contributed by atoms with Crippen LogP contribution in [0, 0.1) is 6.92 Å². The molecule has 2 unspecified atom stereocenters. The molecule has 23 heavy (non-hydrogen) atoms. The van der Waals surface area contributed by atoms with Crippen molar-refractivity contribution in [2.45, 2.75) is 25.2 Å². The second-order valence-electron chi connectivity index (χ2n) is 5.51. The second kappa shape index (κ2) is 5.26. The van der Waals surface area contributed by atoms with E-state index in [1.807, 2.05) is 0 Å². The third kappa shape index (κ3) is 2.32. The molecule has 2 aromatic rings. The van der Waals surface area contributed by atoms with E-state index in [1.165, 1.54) is 10.6 Å². The number of piperidine rings is 1. The van der Waals surface area contributed by atoms with Gasteiger partial charge in [-0.2, -0.15) is 0 Å². The third-order valence-electron chi connectivity index (χ3n) is 3.97. The standard InChI is InChI=1S/C14H12B2N4O3/c1-5-18-11-6(15)2-3-8(17)10(11)14(23)20(5)9-4-7(16)12(21)19-13(9)22/h2-3,7,9H,4,17H2,1H3,(H,19,21,22). The van der Waals surface area contributed by atoms with Crippen molar-refractivity contribution in [1.29, 1.82) is 0 Å². The molecule has 112 valence electrons.